The van der Waals surface area contributed by atoms with Crippen molar-refractivity contribution in [3.8, 4) is 5.75 Å². The smallest absolute Gasteiger partial charge is 0.184 e. The maximum absolute atomic E-state index is 13.5. The Bertz CT molecular complexity index is 1310. The molecule has 1 aliphatic heterocycles. The third-order valence-electron chi connectivity index (χ3n) is 6.21. The first-order valence-electron chi connectivity index (χ1n) is 13.2. The van der Waals surface area contributed by atoms with Crippen LogP contribution in [0.3, 0.4) is 0 Å². The minimum atomic E-state index is -0.226. The molecule has 0 N–H and O–H groups in total. The largest absolute Gasteiger partial charge is 0.496 e. The van der Waals surface area contributed by atoms with Gasteiger partial charge in [0.05, 0.1) is 7.11 Å². The molecule has 1 aliphatic rings. The van der Waals surface area contributed by atoms with Crippen molar-refractivity contribution >= 4 is 23.1 Å². The number of hydrogen-bond acceptors (Lipinski definition) is 3. The van der Waals surface area contributed by atoms with Crippen molar-refractivity contribution in [1.82, 2.24) is 0 Å². The van der Waals surface area contributed by atoms with Gasteiger partial charge in [-0.15, -0.1) is 0 Å². The van der Waals surface area contributed by atoms with E-state index in [-0.39, 0.29) is 27.8 Å². The molecule has 3 aromatic carbocycles. The molecular weight excluding hydrogens is 509 g/mol. The van der Waals surface area contributed by atoms with Gasteiger partial charge in [0, 0.05) is 32.8 Å². The highest BCUT2D eigenvalue weighted by molar-refractivity contribution is 6.30. The molecular formula is C34H43ClFNO2. The number of hydrogen-bond donors (Lipinski definition) is 0. The van der Waals surface area contributed by atoms with Gasteiger partial charge in [0.25, 0.3) is 0 Å². The third kappa shape index (κ3) is 9.03. The van der Waals surface area contributed by atoms with Crippen LogP contribution in [0, 0.1) is 11.2 Å². The quantitative estimate of drug-likeness (QED) is 0.302. The second-order valence-corrected chi connectivity index (χ2v) is 13.1. The molecule has 0 aliphatic carbocycles. The Labute approximate surface area is 239 Å². The van der Waals surface area contributed by atoms with E-state index in [1.807, 2.05) is 63.2 Å². The molecule has 0 radical (unpaired) electrons. The average Bonchev–Trinajstić information content (AvgIpc) is 2.83. The first-order valence-corrected chi connectivity index (χ1v) is 13.6. The standard InChI is InChI=1S/C13H15NO.C11H15FO.C10H13Cl/c1-13(2,3)12-10-7-5-4-6-9(10)11(15)8-14-12;1-11(2,3)10-8(12)6-5-7-9(10)13-4;1-10(2,3)8-5-4-6-9(11)7-8/h4-7H,8H2,1-3H3;5-7H,1-4H3;4-7H,1-3H3. The number of carbonyl (C=O) groups is 1. The van der Waals surface area contributed by atoms with E-state index in [1.54, 1.807) is 19.2 Å². The van der Waals surface area contributed by atoms with Crippen molar-refractivity contribution in [1.29, 1.82) is 0 Å². The number of rotatable bonds is 1. The summed E-state index contributed by atoms with van der Waals surface area (Å²) in [6.45, 7) is 19.1. The maximum atomic E-state index is 13.5. The minimum absolute atomic E-state index is 0.00317. The van der Waals surface area contributed by atoms with Gasteiger partial charge in [0.2, 0.25) is 0 Å². The molecule has 210 valence electrons. The number of fused-ring (bicyclic) bond motifs is 1. The molecule has 0 bridgehead atoms. The lowest BCUT2D eigenvalue weighted by atomic mass is 9.81. The maximum Gasteiger partial charge on any atom is 0.184 e. The van der Waals surface area contributed by atoms with Crippen LogP contribution in [0.2, 0.25) is 5.02 Å². The molecule has 1 heterocycles. The van der Waals surface area contributed by atoms with E-state index in [2.05, 4.69) is 52.6 Å². The molecule has 0 saturated carbocycles. The Kier molecular flexibility index (Phi) is 10.7. The third-order valence-corrected chi connectivity index (χ3v) is 6.44. The van der Waals surface area contributed by atoms with Crippen LogP contribution >= 0.6 is 11.6 Å². The number of nitrogens with zero attached hydrogens (tertiary/aromatic N) is 1. The minimum Gasteiger partial charge on any atom is -0.496 e. The predicted molar refractivity (Wildman–Crippen MR) is 163 cm³/mol. The number of aliphatic imine (C=N–C) groups is 1. The molecule has 0 unspecified atom stereocenters. The first-order chi connectivity index (χ1) is 18.0. The Morgan fingerprint density at radius 3 is 1.82 bits per heavy atom. The number of ketones is 1. The van der Waals surface area contributed by atoms with Crippen LogP contribution in [0.1, 0.15) is 89.4 Å². The van der Waals surface area contributed by atoms with Gasteiger partial charge < -0.3 is 4.74 Å². The lowest BCUT2D eigenvalue weighted by molar-refractivity contribution is 0.0999. The van der Waals surface area contributed by atoms with E-state index in [1.165, 1.54) is 11.6 Å². The molecule has 5 heteroatoms. The number of Topliss-reactive ketones (excluding diaryl/α,β-unsaturated/α-hetero) is 1. The highest BCUT2D eigenvalue weighted by Crippen LogP contribution is 2.33. The fraction of sp³-hybridized carbons (Fsp3) is 0.412. The van der Waals surface area contributed by atoms with Crippen LogP contribution < -0.4 is 4.74 Å². The van der Waals surface area contributed by atoms with Gasteiger partial charge in [-0.2, -0.15) is 0 Å². The molecule has 0 fully saturated rings. The topological polar surface area (TPSA) is 38.7 Å². The molecule has 0 amide bonds. The zero-order chi connectivity index (χ0) is 29.6. The Hall–Kier alpha value is -2.98. The van der Waals surface area contributed by atoms with Gasteiger partial charge in [-0.3, -0.25) is 9.79 Å². The zero-order valence-electron chi connectivity index (χ0n) is 25.1. The molecule has 0 aromatic heterocycles. The van der Waals surface area contributed by atoms with Crippen LogP contribution in [0.5, 0.6) is 5.75 Å². The van der Waals surface area contributed by atoms with Crippen molar-refractivity contribution in [3.05, 3.63) is 99.8 Å². The lowest BCUT2D eigenvalue weighted by Gasteiger charge is -2.26. The fourth-order valence-electron chi connectivity index (χ4n) is 4.25. The van der Waals surface area contributed by atoms with Crippen molar-refractivity contribution < 1.29 is 13.9 Å². The second-order valence-electron chi connectivity index (χ2n) is 12.7. The average molecular weight is 552 g/mol. The molecule has 39 heavy (non-hydrogen) atoms. The summed E-state index contributed by atoms with van der Waals surface area (Å²) >= 11 is 5.85. The van der Waals surface area contributed by atoms with E-state index < -0.39 is 0 Å². The summed E-state index contributed by atoms with van der Waals surface area (Å²) in [5, 5.41) is 0.817. The van der Waals surface area contributed by atoms with Crippen LogP contribution in [0.4, 0.5) is 4.39 Å². The van der Waals surface area contributed by atoms with Gasteiger partial charge in [-0.25, -0.2) is 4.39 Å². The van der Waals surface area contributed by atoms with Crippen molar-refractivity contribution in [2.75, 3.05) is 13.7 Å². The molecule has 4 rings (SSSR count). The molecule has 3 aromatic rings. The fourth-order valence-corrected chi connectivity index (χ4v) is 4.44. The lowest BCUT2D eigenvalue weighted by Crippen LogP contribution is -2.28. The summed E-state index contributed by atoms with van der Waals surface area (Å²) in [5.41, 5.74) is 4.75. The number of carbonyl (C=O) groups excluding carboxylic acids is 1. The van der Waals surface area contributed by atoms with E-state index in [0.29, 0.717) is 17.9 Å². The molecule has 0 spiro atoms. The van der Waals surface area contributed by atoms with Crippen molar-refractivity contribution in [3.63, 3.8) is 0 Å². The Morgan fingerprint density at radius 1 is 0.769 bits per heavy atom. The van der Waals surface area contributed by atoms with Gasteiger partial charge >= 0.3 is 0 Å². The summed E-state index contributed by atoms with van der Waals surface area (Å²) in [6, 6.07) is 20.6. The monoisotopic (exact) mass is 551 g/mol. The zero-order valence-corrected chi connectivity index (χ0v) is 25.8. The van der Waals surface area contributed by atoms with E-state index in [4.69, 9.17) is 16.3 Å². The number of benzene rings is 3. The van der Waals surface area contributed by atoms with Crippen molar-refractivity contribution in [2.45, 2.75) is 73.1 Å². The van der Waals surface area contributed by atoms with Crippen molar-refractivity contribution in [2.24, 2.45) is 10.4 Å². The predicted octanol–water partition coefficient (Wildman–Crippen LogP) is 9.49. The van der Waals surface area contributed by atoms with E-state index in [9.17, 15) is 9.18 Å². The van der Waals surface area contributed by atoms with Crippen LogP contribution in [0.25, 0.3) is 0 Å². The highest BCUT2D eigenvalue weighted by Gasteiger charge is 2.27. The summed E-state index contributed by atoms with van der Waals surface area (Å²) in [4.78, 5) is 16.0. The van der Waals surface area contributed by atoms with Crippen LogP contribution in [-0.4, -0.2) is 25.1 Å². The second kappa shape index (κ2) is 12.9. The summed E-state index contributed by atoms with van der Waals surface area (Å²) in [5.74, 6) is 0.540. The summed E-state index contributed by atoms with van der Waals surface area (Å²) < 4.78 is 18.6. The van der Waals surface area contributed by atoms with Crippen LogP contribution in [-0.2, 0) is 10.8 Å². The number of methoxy groups -OCH3 is 1. The van der Waals surface area contributed by atoms with Gasteiger partial charge in [-0.1, -0.05) is 116 Å². The van der Waals surface area contributed by atoms with E-state index >= 15 is 0 Å². The van der Waals surface area contributed by atoms with Crippen LogP contribution in [0.15, 0.2) is 71.7 Å². The van der Waals surface area contributed by atoms with Gasteiger partial charge in [-0.05, 0) is 40.7 Å². The summed E-state index contributed by atoms with van der Waals surface area (Å²) in [6.07, 6.45) is 0. The summed E-state index contributed by atoms with van der Waals surface area (Å²) in [7, 11) is 1.56. The van der Waals surface area contributed by atoms with Gasteiger partial charge in [0.15, 0.2) is 5.78 Å². The van der Waals surface area contributed by atoms with Gasteiger partial charge in [0.1, 0.15) is 18.1 Å². The van der Waals surface area contributed by atoms with E-state index in [0.717, 1.165) is 21.9 Å². The Balaban J connectivity index is 0.000000208. The molecule has 3 nitrogen and oxygen atoms in total. The normalized spacial score (nSPS) is 13.2. The first kappa shape index (κ1) is 32.2. The molecule has 0 saturated heterocycles. The Morgan fingerprint density at radius 2 is 1.36 bits per heavy atom. The number of ether oxygens (including phenoxy) is 1. The number of halogens is 2. The molecule has 0 atom stereocenters. The highest BCUT2D eigenvalue weighted by atomic mass is 35.5. The SMILES string of the molecule is CC(C)(C)C1=NCC(=O)c2ccccc21.CC(C)(C)c1cccc(Cl)c1.COc1cccc(F)c1C(C)(C)C.